The summed E-state index contributed by atoms with van der Waals surface area (Å²) in [5.74, 6) is 0.574. The molecule has 4 heteroatoms. The van der Waals surface area contributed by atoms with Gasteiger partial charge in [0.25, 0.3) is 0 Å². The molecule has 1 aliphatic heterocycles. The minimum absolute atomic E-state index is 0.0805. The van der Waals surface area contributed by atoms with Crippen LogP contribution in [0, 0.1) is 12.8 Å². The van der Waals surface area contributed by atoms with Gasteiger partial charge in [-0.3, -0.25) is 4.79 Å². The molecule has 0 aliphatic carbocycles. The van der Waals surface area contributed by atoms with E-state index in [1.165, 1.54) is 0 Å². The molecule has 3 nitrogen and oxygen atoms in total. The molecule has 86 valence electrons. The van der Waals surface area contributed by atoms with E-state index in [1.54, 1.807) is 6.07 Å². The van der Waals surface area contributed by atoms with Crippen molar-refractivity contribution in [3.63, 3.8) is 0 Å². The zero-order chi connectivity index (χ0) is 11.5. The summed E-state index contributed by atoms with van der Waals surface area (Å²) >= 11 is 5.85. The Bertz CT molecular complexity index is 402. The van der Waals surface area contributed by atoms with Crippen molar-refractivity contribution >= 4 is 23.2 Å². The van der Waals surface area contributed by atoms with Gasteiger partial charge in [0.1, 0.15) is 0 Å². The number of anilines is 1. The molecule has 0 aromatic heterocycles. The highest BCUT2D eigenvalue weighted by Gasteiger charge is 2.20. The number of aryl methyl sites for hydroxylation is 1. The predicted octanol–water partition coefficient (Wildman–Crippen LogP) is 2.20. The second-order valence-corrected chi connectivity index (χ2v) is 4.67. The zero-order valence-electron chi connectivity index (χ0n) is 9.22. The Morgan fingerprint density at radius 2 is 2.31 bits per heavy atom. The van der Waals surface area contributed by atoms with Gasteiger partial charge in [0.05, 0.1) is 0 Å². The van der Waals surface area contributed by atoms with Crippen LogP contribution in [0.1, 0.15) is 12.0 Å². The fraction of sp³-hybridized carbons (Fsp3) is 0.417. The Hall–Kier alpha value is -1.06. The van der Waals surface area contributed by atoms with Crippen LogP contribution >= 0.6 is 11.6 Å². The maximum atomic E-state index is 11.7. The molecule has 2 rings (SSSR count). The van der Waals surface area contributed by atoms with E-state index in [2.05, 4.69) is 10.6 Å². The van der Waals surface area contributed by atoms with Crippen molar-refractivity contribution in [2.24, 2.45) is 5.92 Å². The zero-order valence-corrected chi connectivity index (χ0v) is 9.97. The van der Waals surface area contributed by atoms with Gasteiger partial charge in [-0.05, 0) is 49.7 Å². The maximum absolute atomic E-state index is 11.7. The first-order chi connectivity index (χ1) is 7.65. The Morgan fingerprint density at radius 1 is 1.56 bits per heavy atom. The van der Waals surface area contributed by atoms with Gasteiger partial charge < -0.3 is 10.6 Å². The molecule has 1 aromatic rings. The molecule has 1 amide bonds. The quantitative estimate of drug-likeness (QED) is 0.848. The summed E-state index contributed by atoms with van der Waals surface area (Å²) in [6.07, 6.45) is 0.592. The van der Waals surface area contributed by atoms with E-state index >= 15 is 0 Å². The van der Waals surface area contributed by atoms with Crippen molar-refractivity contribution in [2.45, 2.75) is 13.3 Å². The highest BCUT2D eigenvalue weighted by Crippen LogP contribution is 2.20. The summed E-state index contributed by atoms with van der Waals surface area (Å²) in [6, 6.07) is 5.48. The number of amides is 1. The van der Waals surface area contributed by atoms with E-state index in [0.29, 0.717) is 17.4 Å². The van der Waals surface area contributed by atoms with Gasteiger partial charge in [-0.2, -0.15) is 0 Å². The van der Waals surface area contributed by atoms with E-state index in [4.69, 9.17) is 11.6 Å². The number of carbonyl (C=O) groups excluding carboxylic acids is 1. The van der Waals surface area contributed by atoms with Crippen molar-refractivity contribution in [1.29, 1.82) is 0 Å². The Kier molecular flexibility index (Phi) is 3.46. The molecule has 0 spiro atoms. The second kappa shape index (κ2) is 4.85. The van der Waals surface area contributed by atoms with Crippen LogP contribution in [-0.4, -0.2) is 19.0 Å². The summed E-state index contributed by atoms with van der Waals surface area (Å²) in [5.41, 5.74) is 1.84. The molecule has 16 heavy (non-hydrogen) atoms. The highest BCUT2D eigenvalue weighted by atomic mass is 35.5. The molecule has 0 atom stereocenters. The third-order valence-electron chi connectivity index (χ3n) is 2.80. The number of hydrogen-bond donors (Lipinski definition) is 2. The molecule has 0 radical (unpaired) electrons. The third-order valence-corrected chi connectivity index (χ3v) is 3.04. The van der Waals surface area contributed by atoms with Crippen LogP contribution in [-0.2, 0) is 4.79 Å². The average Bonchev–Trinajstić information content (AvgIpc) is 2.16. The van der Waals surface area contributed by atoms with E-state index in [-0.39, 0.29) is 5.91 Å². The van der Waals surface area contributed by atoms with Crippen LogP contribution in [0.25, 0.3) is 0 Å². The normalized spacial score (nSPS) is 15.6. The fourth-order valence-corrected chi connectivity index (χ4v) is 1.95. The van der Waals surface area contributed by atoms with Gasteiger partial charge in [0, 0.05) is 17.1 Å². The summed E-state index contributed by atoms with van der Waals surface area (Å²) < 4.78 is 0. The lowest BCUT2D eigenvalue weighted by molar-refractivity contribution is -0.117. The molecular formula is C12H15ClN2O. The van der Waals surface area contributed by atoms with Crippen LogP contribution in [0.4, 0.5) is 5.69 Å². The topological polar surface area (TPSA) is 41.1 Å². The average molecular weight is 239 g/mol. The number of nitrogens with one attached hydrogen (secondary N) is 2. The largest absolute Gasteiger partial charge is 0.326 e. The van der Waals surface area contributed by atoms with Crippen LogP contribution < -0.4 is 10.6 Å². The molecule has 1 aliphatic rings. The van der Waals surface area contributed by atoms with E-state index in [9.17, 15) is 4.79 Å². The number of rotatable bonds is 3. The van der Waals surface area contributed by atoms with Crippen LogP contribution in [0.5, 0.6) is 0 Å². The summed E-state index contributed by atoms with van der Waals surface area (Å²) in [5, 5.41) is 6.76. The number of benzene rings is 1. The molecule has 1 aromatic carbocycles. The summed E-state index contributed by atoms with van der Waals surface area (Å²) in [4.78, 5) is 11.7. The molecule has 2 N–H and O–H groups in total. The van der Waals surface area contributed by atoms with Gasteiger partial charge in [-0.1, -0.05) is 11.6 Å². The van der Waals surface area contributed by atoms with Crippen molar-refractivity contribution in [3.05, 3.63) is 28.8 Å². The number of halogens is 1. The molecule has 0 saturated carbocycles. The van der Waals surface area contributed by atoms with Gasteiger partial charge in [-0.25, -0.2) is 0 Å². The van der Waals surface area contributed by atoms with E-state index in [1.807, 2.05) is 19.1 Å². The first-order valence-electron chi connectivity index (χ1n) is 5.42. The SMILES string of the molecule is Cc1cc(Cl)ccc1NC(=O)CC1CNC1. The lowest BCUT2D eigenvalue weighted by Gasteiger charge is -2.26. The third kappa shape index (κ3) is 2.74. The maximum Gasteiger partial charge on any atom is 0.224 e. The predicted molar refractivity (Wildman–Crippen MR) is 65.8 cm³/mol. The lowest BCUT2D eigenvalue weighted by atomic mass is 9.99. The van der Waals surface area contributed by atoms with Crippen LogP contribution in [0.3, 0.4) is 0 Å². The Labute approximate surface area is 100 Å². The smallest absolute Gasteiger partial charge is 0.224 e. The van der Waals surface area contributed by atoms with Gasteiger partial charge in [0.15, 0.2) is 0 Å². The molecule has 0 bridgehead atoms. The van der Waals surface area contributed by atoms with E-state index < -0.39 is 0 Å². The summed E-state index contributed by atoms with van der Waals surface area (Å²) in [7, 11) is 0. The number of hydrogen-bond acceptors (Lipinski definition) is 2. The molecule has 1 heterocycles. The van der Waals surface area contributed by atoms with Gasteiger partial charge in [-0.15, -0.1) is 0 Å². The minimum Gasteiger partial charge on any atom is -0.326 e. The van der Waals surface area contributed by atoms with Crippen molar-refractivity contribution in [1.82, 2.24) is 5.32 Å². The lowest BCUT2D eigenvalue weighted by Crippen LogP contribution is -2.43. The molecular weight excluding hydrogens is 224 g/mol. The van der Waals surface area contributed by atoms with Crippen molar-refractivity contribution < 1.29 is 4.79 Å². The van der Waals surface area contributed by atoms with E-state index in [0.717, 1.165) is 24.3 Å². The minimum atomic E-state index is 0.0805. The van der Waals surface area contributed by atoms with Crippen molar-refractivity contribution in [2.75, 3.05) is 18.4 Å². The van der Waals surface area contributed by atoms with Gasteiger partial charge in [0.2, 0.25) is 5.91 Å². The van der Waals surface area contributed by atoms with Crippen LogP contribution in [0.15, 0.2) is 18.2 Å². The van der Waals surface area contributed by atoms with Crippen LogP contribution in [0.2, 0.25) is 5.02 Å². The Morgan fingerprint density at radius 3 is 2.88 bits per heavy atom. The highest BCUT2D eigenvalue weighted by molar-refractivity contribution is 6.30. The molecule has 0 unspecified atom stereocenters. The Balaban J connectivity index is 1.94. The first kappa shape index (κ1) is 11.4. The van der Waals surface area contributed by atoms with Gasteiger partial charge >= 0.3 is 0 Å². The fourth-order valence-electron chi connectivity index (χ4n) is 1.72. The first-order valence-corrected chi connectivity index (χ1v) is 5.79. The van der Waals surface area contributed by atoms with Crippen molar-refractivity contribution in [3.8, 4) is 0 Å². The second-order valence-electron chi connectivity index (χ2n) is 4.24. The monoisotopic (exact) mass is 238 g/mol. The molecule has 1 fully saturated rings. The summed E-state index contributed by atoms with van der Waals surface area (Å²) in [6.45, 7) is 3.84. The standard InChI is InChI=1S/C12H15ClN2O/c1-8-4-10(13)2-3-11(8)15-12(16)5-9-6-14-7-9/h2-4,9,14H,5-7H2,1H3,(H,15,16). The molecule has 1 saturated heterocycles. The number of carbonyl (C=O) groups is 1.